The molecule has 3 nitrogen and oxygen atoms in total. The number of anilines is 3. The molecular formula is C68H44N2O. The molecule has 0 aliphatic rings. The molecule has 0 aliphatic carbocycles. The van der Waals surface area contributed by atoms with E-state index >= 15 is 0 Å². The van der Waals surface area contributed by atoms with Gasteiger partial charge in [-0.15, -0.1) is 0 Å². The molecule has 0 radical (unpaired) electrons. The number of aromatic nitrogens is 1. The van der Waals surface area contributed by atoms with Crippen molar-refractivity contribution in [2.24, 2.45) is 0 Å². The highest BCUT2D eigenvalue weighted by atomic mass is 16.3. The molecule has 3 heteroatoms. The maximum Gasteiger partial charge on any atom is 0.143 e. The highest BCUT2D eigenvalue weighted by Gasteiger charge is 2.18. The second-order valence-electron chi connectivity index (χ2n) is 18.4. The number of benzene rings is 12. The molecule has 0 saturated heterocycles. The van der Waals surface area contributed by atoms with Crippen LogP contribution in [0.2, 0.25) is 0 Å². The van der Waals surface area contributed by atoms with E-state index in [2.05, 4.69) is 276 Å². The van der Waals surface area contributed by atoms with Crippen molar-refractivity contribution in [3.63, 3.8) is 0 Å². The summed E-state index contributed by atoms with van der Waals surface area (Å²) in [6, 6.07) is 96.6. The van der Waals surface area contributed by atoms with Gasteiger partial charge in [-0.05, 0) is 128 Å². The molecular weight excluding hydrogens is 861 g/mol. The Hall–Kier alpha value is -9.44. The van der Waals surface area contributed by atoms with Crippen molar-refractivity contribution in [3.8, 4) is 50.2 Å². The Kier molecular flexibility index (Phi) is 9.53. The van der Waals surface area contributed by atoms with Gasteiger partial charge in [0, 0.05) is 49.6 Å². The third kappa shape index (κ3) is 6.89. The Morgan fingerprint density at radius 1 is 0.282 bits per heavy atom. The van der Waals surface area contributed by atoms with E-state index in [1.54, 1.807) is 0 Å². The van der Waals surface area contributed by atoms with Crippen LogP contribution in [0.25, 0.3) is 115 Å². The molecule has 2 aromatic heterocycles. The molecule has 0 unspecified atom stereocenters. The highest BCUT2D eigenvalue weighted by molar-refractivity contribution is 6.15. The van der Waals surface area contributed by atoms with Gasteiger partial charge in [-0.3, -0.25) is 0 Å². The molecule has 14 aromatic rings. The summed E-state index contributed by atoms with van der Waals surface area (Å²) in [6.07, 6.45) is 0. The second-order valence-corrected chi connectivity index (χ2v) is 18.4. The monoisotopic (exact) mass is 904 g/mol. The predicted octanol–water partition coefficient (Wildman–Crippen LogP) is 19.1. The van der Waals surface area contributed by atoms with Crippen molar-refractivity contribution in [2.45, 2.75) is 0 Å². The normalized spacial score (nSPS) is 11.7. The lowest BCUT2D eigenvalue weighted by Crippen LogP contribution is -2.09. The zero-order chi connectivity index (χ0) is 46.8. The number of rotatable bonds is 8. The average molecular weight is 905 g/mol. The lowest BCUT2D eigenvalue weighted by atomic mass is 9.96. The van der Waals surface area contributed by atoms with Gasteiger partial charge in [0.05, 0.1) is 16.7 Å². The van der Waals surface area contributed by atoms with E-state index in [4.69, 9.17) is 4.42 Å². The van der Waals surface area contributed by atoms with Gasteiger partial charge in [0.25, 0.3) is 0 Å². The molecule has 71 heavy (non-hydrogen) atoms. The minimum atomic E-state index is 0.891. The van der Waals surface area contributed by atoms with Crippen LogP contribution in [0.15, 0.2) is 271 Å². The summed E-state index contributed by atoms with van der Waals surface area (Å²) in [5.41, 5.74) is 17.9. The standard InChI is InChI=1S/C68H44N2O/c1-3-15-56-48(12-1)14-11-20-57(56)50-26-24-45(25-27-50)46-28-36-53(37-29-46)69(54-38-30-47(31-39-54)52-35-42-62-63-43-34-49-13-2-4-17-59(49)68(63)71-67(62)44-52)55-40-32-51(33-41-55)58-16-5-8-21-64(58)70-65-22-9-6-18-60(65)61-19-7-10-23-66(61)70/h1-44H. The first kappa shape index (κ1) is 40.6. The largest absolute Gasteiger partial charge is 0.455 e. The smallest absolute Gasteiger partial charge is 0.143 e. The Morgan fingerprint density at radius 2 is 0.718 bits per heavy atom. The summed E-state index contributed by atoms with van der Waals surface area (Å²) in [6.45, 7) is 0. The van der Waals surface area contributed by atoms with E-state index in [0.29, 0.717) is 0 Å². The van der Waals surface area contributed by atoms with Crippen molar-refractivity contribution >= 4 is 82.4 Å². The van der Waals surface area contributed by atoms with Gasteiger partial charge in [-0.1, -0.05) is 194 Å². The number of furan rings is 1. The first-order valence-electron chi connectivity index (χ1n) is 24.3. The molecule has 0 saturated carbocycles. The first-order chi connectivity index (χ1) is 35.2. The van der Waals surface area contributed by atoms with E-state index in [0.717, 1.165) is 66.8 Å². The van der Waals surface area contributed by atoms with Crippen molar-refractivity contribution in [1.82, 2.24) is 4.57 Å². The number of fused-ring (bicyclic) bond motifs is 9. The van der Waals surface area contributed by atoms with Crippen LogP contribution in [0, 0.1) is 0 Å². The lowest BCUT2D eigenvalue weighted by molar-refractivity contribution is 0.673. The molecule has 14 rings (SSSR count). The Morgan fingerprint density at radius 3 is 1.38 bits per heavy atom. The van der Waals surface area contributed by atoms with E-state index in [9.17, 15) is 0 Å². The number of hydrogen-bond acceptors (Lipinski definition) is 2. The third-order valence-corrected chi connectivity index (χ3v) is 14.4. The van der Waals surface area contributed by atoms with E-state index < -0.39 is 0 Å². The zero-order valence-corrected chi connectivity index (χ0v) is 38.7. The van der Waals surface area contributed by atoms with Gasteiger partial charge in [-0.2, -0.15) is 0 Å². The fourth-order valence-electron chi connectivity index (χ4n) is 10.9. The van der Waals surface area contributed by atoms with Crippen LogP contribution in [0.5, 0.6) is 0 Å². The fraction of sp³-hybridized carbons (Fsp3) is 0. The number of nitrogens with zero attached hydrogens (tertiary/aromatic N) is 2. The minimum Gasteiger partial charge on any atom is -0.455 e. The van der Waals surface area contributed by atoms with Gasteiger partial charge in [0.1, 0.15) is 11.2 Å². The summed E-state index contributed by atoms with van der Waals surface area (Å²) in [7, 11) is 0. The second kappa shape index (κ2) is 16.7. The van der Waals surface area contributed by atoms with Gasteiger partial charge in [0.15, 0.2) is 0 Å². The van der Waals surface area contributed by atoms with Gasteiger partial charge < -0.3 is 13.9 Å². The number of hydrogen-bond donors (Lipinski definition) is 0. The van der Waals surface area contributed by atoms with E-state index in [-0.39, 0.29) is 0 Å². The van der Waals surface area contributed by atoms with E-state index in [1.165, 1.54) is 65.8 Å². The quantitative estimate of drug-likeness (QED) is 0.151. The van der Waals surface area contributed by atoms with Gasteiger partial charge in [-0.25, -0.2) is 0 Å². The fourth-order valence-corrected chi connectivity index (χ4v) is 10.9. The number of para-hydroxylation sites is 3. The molecule has 0 amide bonds. The maximum absolute atomic E-state index is 6.59. The van der Waals surface area contributed by atoms with Crippen molar-refractivity contribution in [2.75, 3.05) is 4.90 Å². The minimum absolute atomic E-state index is 0.891. The van der Waals surface area contributed by atoms with Gasteiger partial charge in [0.2, 0.25) is 0 Å². The summed E-state index contributed by atoms with van der Waals surface area (Å²) < 4.78 is 9.00. The molecule has 12 aromatic carbocycles. The Balaban J connectivity index is 0.831. The van der Waals surface area contributed by atoms with Crippen LogP contribution < -0.4 is 4.90 Å². The molecule has 0 aliphatic heterocycles. The topological polar surface area (TPSA) is 21.3 Å². The summed E-state index contributed by atoms with van der Waals surface area (Å²) in [4.78, 5) is 2.35. The lowest BCUT2D eigenvalue weighted by Gasteiger charge is -2.26. The maximum atomic E-state index is 6.59. The zero-order valence-electron chi connectivity index (χ0n) is 38.7. The van der Waals surface area contributed by atoms with Crippen LogP contribution in [-0.2, 0) is 0 Å². The molecule has 2 heterocycles. The summed E-state index contributed by atoms with van der Waals surface area (Å²) >= 11 is 0. The van der Waals surface area contributed by atoms with Crippen LogP contribution in [0.3, 0.4) is 0 Å². The highest BCUT2D eigenvalue weighted by Crippen LogP contribution is 2.42. The molecule has 332 valence electrons. The predicted molar refractivity (Wildman–Crippen MR) is 299 cm³/mol. The molecule has 0 bridgehead atoms. The molecule has 0 N–H and O–H groups in total. The summed E-state index contributed by atoms with van der Waals surface area (Å²) in [5.74, 6) is 0. The molecule has 0 spiro atoms. The SMILES string of the molecule is c1ccc(-n2c3ccccc3c3ccccc32)c(-c2ccc(N(c3ccc(-c4ccc(-c5cccc6ccccc56)cc4)cc3)c3ccc(-c4ccc5c(c4)oc4c6ccccc6ccc54)cc3)cc2)c1. The third-order valence-electron chi connectivity index (χ3n) is 14.4. The van der Waals surface area contributed by atoms with Crippen LogP contribution >= 0.6 is 0 Å². The van der Waals surface area contributed by atoms with Crippen molar-refractivity contribution < 1.29 is 4.42 Å². The van der Waals surface area contributed by atoms with Crippen molar-refractivity contribution in [1.29, 1.82) is 0 Å². The van der Waals surface area contributed by atoms with Crippen LogP contribution in [-0.4, -0.2) is 4.57 Å². The molecule has 0 fully saturated rings. The van der Waals surface area contributed by atoms with Crippen LogP contribution in [0.4, 0.5) is 17.1 Å². The average Bonchev–Trinajstić information content (AvgIpc) is 4.00. The van der Waals surface area contributed by atoms with Crippen molar-refractivity contribution in [3.05, 3.63) is 267 Å². The van der Waals surface area contributed by atoms with Gasteiger partial charge >= 0.3 is 0 Å². The van der Waals surface area contributed by atoms with E-state index in [1.807, 2.05) is 0 Å². The van der Waals surface area contributed by atoms with Crippen LogP contribution in [0.1, 0.15) is 0 Å². The Labute approximate surface area is 411 Å². The summed E-state index contributed by atoms with van der Waals surface area (Å²) in [5, 5.41) is 9.60. The first-order valence-corrected chi connectivity index (χ1v) is 24.3. The molecule has 0 atom stereocenters. The Bertz CT molecular complexity index is 4250.